The molecule has 0 N–H and O–H groups in total. The molecule has 1 heterocycles. The molecule has 2 aromatic rings. The predicted octanol–water partition coefficient (Wildman–Crippen LogP) is 4.68. The Morgan fingerprint density at radius 2 is 1.48 bits per heavy atom. The Kier molecular flexibility index (Phi) is 5.59. The standard InChI is InChI=1S/C21H24N2OS/c1-3-15-23-19(24)21(17-11-7-5-8-12-17,18-13-9-6-10-14-18)22-20(23)25-16-4-2/h5-14H,3-4,15-16H2,1-2H3. The number of benzene rings is 2. The number of hydrogen-bond acceptors (Lipinski definition) is 3. The zero-order chi connectivity index (χ0) is 17.7. The molecule has 1 aliphatic rings. The van der Waals surface area contributed by atoms with Gasteiger partial charge in [-0.3, -0.25) is 9.69 Å². The molecule has 0 aromatic heterocycles. The number of carbonyl (C=O) groups excluding carboxylic acids is 1. The molecule has 3 rings (SSSR count). The van der Waals surface area contributed by atoms with Crippen molar-refractivity contribution in [2.45, 2.75) is 32.2 Å². The number of amides is 1. The first-order valence-electron chi connectivity index (χ1n) is 8.89. The van der Waals surface area contributed by atoms with Crippen LogP contribution in [0.1, 0.15) is 37.8 Å². The molecule has 0 atom stereocenters. The molecule has 0 unspecified atom stereocenters. The molecule has 0 bridgehead atoms. The van der Waals surface area contributed by atoms with Crippen molar-refractivity contribution in [1.82, 2.24) is 4.90 Å². The highest BCUT2D eigenvalue weighted by atomic mass is 32.2. The van der Waals surface area contributed by atoms with E-state index in [0.29, 0.717) is 6.54 Å². The zero-order valence-corrected chi connectivity index (χ0v) is 15.6. The van der Waals surface area contributed by atoms with Gasteiger partial charge in [-0.15, -0.1) is 0 Å². The monoisotopic (exact) mass is 352 g/mol. The van der Waals surface area contributed by atoms with Gasteiger partial charge >= 0.3 is 0 Å². The number of hydrogen-bond donors (Lipinski definition) is 0. The maximum Gasteiger partial charge on any atom is 0.265 e. The van der Waals surface area contributed by atoms with Crippen LogP contribution in [-0.2, 0) is 10.3 Å². The van der Waals surface area contributed by atoms with Crippen LogP contribution in [0.4, 0.5) is 0 Å². The SMILES string of the molecule is CCCSC1=NC(c2ccccc2)(c2ccccc2)C(=O)N1CCC. The predicted molar refractivity (Wildman–Crippen MR) is 106 cm³/mol. The Morgan fingerprint density at radius 1 is 0.920 bits per heavy atom. The van der Waals surface area contributed by atoms with Crippen molar-refractivity contribution in [1.29, 1.82) is 0 Å². The van der Waals surface area contributed by atoms with Gasteiger partial charge in [-0.2, -0.15) is 0 Å². The van der Waals surface area contributed by atoms with Crippen molar-refractivity contribution in [2.24, 2.45) is 4.99 Å². The molecular weight excluding hydrogens is 328 g/mol. The second-order valence-electron chi connectivity index (χ2n) is 6.14. The summed E-state index contributed by atoms with van der Waals surface area (Å²) in [5.74, 6) is 1.02. The summed E-state index contributed by atoms with van der Waals surface area (Å²) >= 11 is 1.68. The average molecular weight is 353 g/mol. The summed E-state index contributed by atoms with van der Waals surface area (Å²) in [7, 11) is 0. The normalized spacial score (nSPS) is 16.2. The molecule has 3 nitrogen and oxygen atoms in total. The lowest BCUT2D eigenvalue weighted by molar-refractivity contribution is -0.130. The van der Waals surface area contributed by atoms with Crippen molar-refractivity contribution in [3.8, 4) is 0 Å². The molecule has 2 aromatic carbocycles. The molecule has 0 fully saturated rings. The van der Waals surface area contributed by atoms with Crippen LogP contribution < -0.4 is 0 Å². The minimum atomic E-state index is -0.965. The van der Waals surface area contributed by atoms with Crippen LogP contribution in [0.15, 0.2) is 65.7 Å². The molecule has 0 radical (unpaired) electrons. The largest absolute Gasteiger partial charge is 0.289 e. The van der Waals surface area contributed by atoms with E-state index in [-0.39, 0.29) is 5.91 Å². The summed E-state index contributed by atoms with van der Waals surface area (Å²) in [5.41, 5.74) is 0.895. The van der Waals surface area contributed by atoms with E-state index in [2.05, 4.69) is 13.8 Å². The lowest BCUT2D eigenvalue weighted by atomic mass is 9.83. The third kappa shape index (κ3) is 3.23. The molecule has 130 valence electrons. The summed E-state index contributed by atoms with van der Waals surface area (Å²) < 4.78 is 0. The Balaban J connectivity index is 2.17. The first kappa shape index (κ1) is 17.7. The smallest absolute Gasteiger partial charge is 0.265 e. The van der Waals surface area contributed by atoms with Gasteiger partial charge in [0.2, 0.25) is 0 Å². The highest BCUT2D eigenvalue weighted by molar-refractivity contribution is 8.13. The minimum Gasteiger partial charge on any atom is -0.289 e. The van der Waals surface area contributed by atoms with Crippen LogP contribution in [0.2, 0.25) is 0 Å². The summed E-state index contributed by atoms with van der Waals surface area (Å²) in [6.07, 6.45) is 1.97. The van der Waals surface area contributed by atoms with Gasteiger partial charge in [-0.25, -0.2) is 4.99 Å². The van der Waals surface area contributed by atoms with E-state index < -0.39 is 5.54 Å². The molecule has 4 heteroatoms. The molecular formula is C21H24N2OS. The summed E-state index contributed by atoms with van der Waals surface area (Å²) in [5, 5.41) is 0.849. The molecule has 0 spiro atoms. The fourth-order valence-corrected chi connectivity index (χ4v) is 4.08. The van der Waals surface area contributed by atoms with E-state index in [4.69, 9.17) is 4.99 Å². The van der Waals surface area contributed by atoms with Crippen LogP contribution in [0.5, 0.6) is 0 Å². The summed E-state index contributed by atoms with van der Waals surface area (Å²) in [4.78, 5) is 20.5. The van der Waals surface area contributed by atoms with Crippen molar-refractivity contribution in [2.75, 3.05) is 12.3 Å². The lowest BCUT2D eigenvalue weighted by Crippen LogP contribution is -2.41. The van der Waals surface area contributed by atoms with Gasteiger partial charge in [0, 0.05) is 12.3 Å². The maximum absolute atomic E-state index is 13.6. The van der Waals surface area contributed by atoms with Crippen molar-refractivity contribution < 1.29 is 4.79 Å². The van der Waals surface area contributed by atoms with E-state index in [1.54, 1.807) is 11.8 Å². The molecule has 1 aliphatic heterocycles. The van der Waals surface area contributed by atoms with Gasteiger partial charge in [0.1, 0.15) is 0 Å². The van der Waals surface area contributed by atoms with Crippen LogP contribution in [0, 0.1) is 0 Å². The Bertz CT molecular complexity index is 704. The fourth-order valence-electron chi connectivity index (χ4n) is 3.16. The Morgan fingerprint density at radius 3 is 1.96 bits per heavy atom. The quantitative estimate of drug-likeness (QED) is 0.756. The topological polar surface area (TPSA) is 32.7 Å². The summed E-state index contributed by atoms with van der Waals surface area (Å²) in [6.45, 7) is 4.95. The highest BCUT2D eigenvalue weighted by Crippen LogP contribution is 2.41. The number of rotatable bonds is 6. The Hall–Kier alpha value is -2.07. The van der Waals surface area contributed by atoms with Crippen molar-refractivity contribution in [3.63, 3.8) is 0 Å². The average Bonchev–Trinajstić information content (AvgIpc) is 2.95. The van der Waals surface area contributed by atoms with Crippen LogP contribution in [0.25, 0.3) is 0 Å². The first-order chi connectivity index (χ1) is 12.2. The van der Waals surface area contributed by atoms with Gasteiger partial charge in [0.15, 0.2) is 10.7 Å². The molecule has 1 amide bonds. The zero-order valence-electron chi connectivity index (χ0n) is 14.8. The summed E-state index contributed by atoms with van der Waals surface area (Å²) in [6, 6.07) is 19.9. The number of thioether (sulfide) groups is 1. The number of amidine groups is 1. The minimum absolute atomic E-state index is 0.0605. The second kappa shape index (κ2) is 7.87. The highest BCUT2D eigenvalue weighted by Gasteiger charge is 2.50. The van der Waals surface area contributed by atoms with Gasteiger partial charge in [-0.1, -0.05) is 86.3 Å². The maximum atomic E-state index is 13.6. The van der Waals surface area contributed by atoms with Gasteiger partial charge in [0.05, 0.1) is 0 Å². The van der Waals surface area contributed by atoms with Gasteiger partial charge in [0.25, 0.3) is 5.91 Å². The van der Waals surface area contributed by atoms with Gasteiger partial charge < -0.3 is 0 Å². The lowest BCUT2D eigenvalue weighted by Gasteiger charge is -2.27. The number of aliphatic imine (C=N–C) groups is 1. The molecule has 0 saturated heterocycles. The second-order valence-corrected chi connectivity index (χ2v) is 7.20. The number of carbonyl (C=O) groups is 1. The van der Waals surface area contributed by atoms with Crippen LogP contribution >= 0.6 is 11.8 Å². The number of nitrogens with zero attached hydrogens (tertiary/aromatic N) is 2. The van der Waals surface area contributed by atoms with E-state index >= 15 is 0 Å². The van der Waals surface area contributed by atoms with E-state index in [9.17, 15) is 4.79 Å². The van der Waals surface area contributed by atoms with Crippen molar-refractivity contribution >= 4 is 22.8 Å². The third-order valence-corrected chi connectivity index (χ3v) is 5.50. The third-order valence-electron chi connectivity index (χ3n) is 4.31. The molecule has 0 saturated carbocycles. The van der Waals surface area contributed by atoms with Crippen LogP contribution in [0.3, 0.4) is 0 Å². The van der Waals surface area contributed by atoms with Crippen molar-refractivity contribution in [3.05, 3.63) is 71.8 Å². The van der Waals surface area contributed by atoms with E-state index in [1.165, 1.54) is 0 Å². The van der Waals surface area contributed by atoms with E-state index in [0.717, 1.165) is 34.9 Å². The molecule has 25 heavy (non-hydrogen) atoms. The van der Waals surface area contributed by atoms with Gasteiger partial charge in [-0.05, 0) is 24.0 Å². The van der Waals surface area contributed by atoms with Crippen LogP contribution in [-0.4, -0.2) is 28.3 Å². The molecule has 0 aliphatic carbocycles. The first-order valence-corrected chi connectivity index (χ1v) is 9.88. The fraction of sp³-hybridized carbons (Fsp3) is 0.333. The Labute approximate surface area is 154 Å². The van der Waals surface area contributed by atoms with E-state index in [1.807, 2.05) is 65.6 Å².